The molecular formula is C8H5Cl2N3O. The second-order valence-electron chi connectivity index (χ2n) is 2.60. The zero-order valence-corrected chi connectivity index (χ0v) is 8.38. The lowest BCUT2D eigenvalue weighted by atomic mass is 10.3. The van der Waals surface area contributed by atoms with Gasteiger partial charge in [0, 0.05) is 5.02 Å². The summed E-state index contributed by atoms with van der Waals surface area (Å²) in [6.07, 6.45) is 1.30. The molecule has 0 fully saturated rings. The third-order valence-corrected chi connectivity index (χ3v) is 2.23. The summed E-state index contributed by atoms with van der Waals surface area (Å²) in [6, 6.07) is 4.83. The van der Waals surface area contributed by atoms with E-state index in [0.717, 1.165) is 0 Å². The maximum absolute atomic E-state index is 11.2. The number of rotatable bonds is 1. The van der Waals surface area contributed by atoms with Gasteiger partial charge in [-0.25, -0.2) is 4.79 Å². The summed E-state index contributed by atoms with van der Waals surface area (Å²) in [5, 5.41) is 4.69. The maximum atomic E-state index is 11.2. The second-order valence-corrected chi connectivity index (χ2v) is 3.45. The minimum absolute atomic E-state index is 0.339. The molecule has 0 spiro atoms. The van der Waals surface area contributed by atoms with Gasteiger partial charge in [0.25, 0.3) is 0 Å². The van der Waals surface area contributed by atoms with E-state index in [9.17, 15) is 4.79 Å². The SMILES string of the molecule is O=c1[nH]cnn1-c1ccc(Cl)cc1Cl. The van der Waals surface area contributed by atoms with Crippen molar-refractivity contribution in [2.75, 3.05) is 0 Å². The quantitative estimate of drug-likeness (QED) is 0.812. The number of nitrogens with one attached hydrogen (secondary N) is 1. The molecule has 0 aliphatic heterocycles. The van der Waals surface area contributed by atoms with Crippen molar-refractivity contribution in [1.29, 1.82) is 0 Å². The summed E-state index contributed by atoms with van der Waals surface area (Å²) in [5.41, 5.74) is 0.163. The van der Waals surface area contributed by atoms with Crippen molar-refractivity contribution in [2.45, 2.75) is 0 Å². The third-order valence-electron chi connectivity index (χ3n) is 1.69. The topological polar surface area (TPSA) is 50.7 Å². The molecule has 1 aromatic carbocycles. The first-order chi connectivity index (χ1) is 6.68. The van der Waals surface area contributed by atoms with Gasteiger partial charge in [-0.1, -0.05) is 23.2 Å². The van der Waals surface area contributed by atoms with E-state index in [1.165, 1.54) is 11.0 Å². The van der Waals surface area contributed by atoms with E-state index in [4.69, 9.17) is 23.2 Å². The predicted octanol–water partition coefficient (Wildman–Crippen LogP) is 1.87. The van der Waals surface area contributed by atoms with Crippen molar-refractivity contribution in [2.24, 2.45) is 0 Å². The number of aromatic nitrogens is 3. The highest BCUT2D eigenvalue weighted by Crippen LogP contribution is 2.22. The highest BCUT2D eigenvalue weighted by molar-refractivity contribution is 6.35. The number of H-pyrrole nitrogens is 1. The lowest BCUT2D eigenvalue weighted by Crippen LogP contribution is -2.16. The Labute approximate surface area is 89.1 Å². The first kappa shape index (κ1) is 9.30. The minimum Gasteiger partial charge on any atom is -0.295 e. The summed E-state index contributed by atoms with van der Waals surface area (Å²) in [7, 11) is 0. The van der Waals surface area contributed by atoms with Crippen LogP contribution in [0.4, 0.5) is 0 Å². The molecule has 4 nitrogen and oxygen atoms in total. The largest absolute Gasteiger partial charge is 0.347 e. The molecule has 1 N–H and O–H groups in total. The molecule has 1 heterocycles. The fraction of sp³-hybridized carbons (Fsp3) is 0. The van der Waals surface area contributed by atoms with Crippen LogP contribution in [0.5, 0.6) is 0 Å². The Bertz CT molecular complexity index is 517. The molecule has 0 aliphatic rings. The van der Waals surface area contributed by atoms with Crippen LogP contribution in [0.15, 0.2) is 29.3 Å². The van der Waals surface area contributed by atoms with Gasteiger partial charge < -0.3 is 0 Å². The van der Waals surface area contributed by atoms with Gasteiger partial charge in [0.05, 0.1) is 10.7 Å². The Morgan fingerprint density at radius 3 is 2.71 bits per heavy atom. The highest BCUT2D eigenvalue weighted by Gasteiger charge is 2.06. The van der Waals surface area contributed by atoms with Crippen LogP contribution >= 0.6 is 23.2 Å². The molecule has 1 aromatic heterocycles. The second kappa shape index (κ2) is 3.48. The molecule has 0 saturated carbocycles. The number of hydrogen-bond acceptors (Lipinski definition) is 2. The average molecular weight is 230 g/mol. The van der Waals surface area contributed by atoms with Gasteiger partial charge in [0.1, 0.15) is 6.33 Å². The maximum Gasteiger partial charge on any atom is 0.347 e. The van der Waals surface area contributed by atoms with Crippen LogP contribution in [-0.4, -0.2) is 14.8 Å². The molecule has 0 unspecified atom stereocenters. The molecule has 0 aliphatic carbocycles. The summed E-state index contributed by atoms with van der Waals surface area (Å²) >= 11 is 11.6. The van der Waals surface area contributed by atoms with Gasteiger partial charge in [-0.2, -0.15) is 9.78 Å². The van der Waals surface area contributed by atoms with Gasteiger partial charge in [-0.15, -0.1) is 0 Å². The fourth-order valence-corrected chi connectivity index (χ4v) is 1.57. The molecule has 0 saturated heterocycles. The Kier molecular flexibility index (Phi) is 2.31. The number of aromatic amines is 1. The molecule has 6 heteroatoms. The monoisotopic (exact) mass is 229 g/mol. The Hall–Kier alpha value is -1.26. The summed E-state index contributed by atoms with van der Waals surface area (Å²) in [6.45, 7) is 0. The number of halogens is 2. The van der Waals surface area contributed by atoms with Crippen molar-refractivity contribution >= 4 is 23.2 Å². The molecular weight excluding hydrogens is 225 g/mol. The summed E-state index contributed by atoms with van der Waals surface area (Å²) < 4.78 is 1.17. The van der Waals surface area contributed by atoms with Crippen molar-refractivity contribution in [3.8, 4) is 5.69 Å². The van der Waals surface area contributed by atoms with E-state index in [1.807, 2.05) is 0 Å². The average Bonchev–Trinajstić information content (AvgIpc) is 2.52. The zero-order chi connectivity index (χ0) is 10.1. The van der Waals surface area contributed by atoms with Crippen molar-refractivity contribution in [3.05, 3.63) is 45.1 Å². The van der Waals surface area contributed by atoms with Gasteiger partial charge in [-0.05, 0) is 18.2 Å². The molecule has 2 rings (SSSR count). The number of hydrogen-bond donors (Lipinski definition) is 1. The van der Waals surface area contributed by atoms with Crippen LogP contribution in [0.2, 0.25) is 10.0 Å². The number of benzene rings is 1. The van der Waals surface area contributed by atoms with E-state index in [-0.39, 0.29) is 5.69 Å². The summed E-state index contributed by atoms with van der Waals surface area (Å²) in [5.74, 6) is 0. The van der Waals surface area contributed by atoms with E-state index in [1.54, 1.807) is 18.2 Å². The lowest BCUT2D eigenvalue weighted by molar-refractivity contribution is 0.843. The Balaban J connectivity index is 2.63. The fourth-order valence-electron chi connectivity index (χ4n) is 1.08. The molecule has 2 aromatic rings. The van der Waals surface area contributed by atoms with Crippen LogP contribution in [0.25, 0.3) is 5.69 Å². The van der Waals surface area contributed by atoms with Crippen LogP contribution in [-0.2, 0) is 0 Å². The van der Waals surface area contributed by atoms with Crippen LogP contribution in [0.1, 0.15) is 0 Å². The van der Waals surface area contributed by atoms with Gasteiger partial charge in [0.15, 0.2) is 0 Å². The third kappa shape index (κ3) is 1.54. The van der Waals surface area contributed by atoms with Crippen molar-refractivity contribution < 1.29 is 0 Å². The first-order valence-electron chi connectivity index (χ1n) is 3.76. The number of nitrogens with zero attached hydrogens (tertiary/aromatic N) is 2. The normalized spacial score (nSPS) is 10.4. The van der Waals surface area contributed by atoms with E-state index in [0.29, 0.717) is 15.7 Å². The Morgan fingerprint density at radius 1 is 1.36 bits per heavy atom. The highest BCUT2D eigenvalue weighted by atomic mass is 35.5. The smallest absolute Gasteiger partial charge is 0.295 e. The molecule has 0 bridgehead atoms. The van der Waals surface area contributed by atoms with Crippen molar-refractivity contribution in [3.63, 3.8) is 0 Å². The van der Waals surface area contributed by atoms with Gasteiger partial charge in [0.2, 0.25) is 0 Å². The van der Waals surface area contributed by atoms with Crippen molar-refractivity contribution in [1.82, 2.24) is 14.8 Å². The molecule has 14 heavy (non-hydrogen) atoms. The molecule has 0 radical (unpaired) electrons. The molecule has 0 amide bonds. The van der Waals surface area contributed by atoms with Crippen LogP contribution < -0.4 is 5.69 Å². The minimum atomic E-state index is -0.339. The van der Waals surface area contributed by atoms with E-state index < -0.39 is 0 Å². The lowest BCUT2D eigenvalue weighted by Gasteiger charge is -2.01. The van der Waals surface area contributed by atoms with Crippen LogP contribution in [0.3, 0.4) is 0 Å². The first-order valence-corrected chi connectivity index (χ1v) is 4.52. The van der Waals surface area contributed by atoms with Gasteiger partial charge in [-0.3, -0.25) is 4.98 Å². The molecule has 72 valence electrons. The molecule has 0 atom stereocenters. The van der Waals surface area contributed by atoms with Crippen LogP contribution in [0, 0.1) is 0 Å². The van der Waals surface area contributed by atoms with E-state index in [2.05, 4.69) is 10.1 Å². The van der Waals surface area contributed by atoms with Gasteiger partial charge >= 0.3 is 5.69 Å². The van der Waals surface area contributed by atoms with E-state index >= 15 is 0 Å². The summed E-state index contributed by atoms with van der Waals surface area (Å²) in [4.78, 5) is 13.6. The predicted molar refractivity (Wildman–Crippen MR) is 54.2 cm³/mol. The zero-order valence-electron chi connectivity index (χ0n) is 6.87. The Morgan fingerprint density at radius 2 is 2.14 bits per heavy atom. The standard InChI is InChI=1S/C8H5Cl2N3O/c9-5-1-2-7(6(10)3-5)13-8(14)11-4-12-13/h1-4H,(H,11,12,14).